The van der Waals surface area contributed by atoms with Crippen LogP contribution in [-0.2, 0) is 4.74 Å². The molecular weight excluding hydrogens is 248 g/mol. The Labute approximate surface area is 104 Å². The summed E-state index contributed by atoms with van der Waals surface area (Å²) in [7, 11) is 0. The number of amides is 1. The summed E-state index contributed by atoms with van der Waals surface area (Å²) in [5.41, 5.74) is -2.50. The summed E-state index contributed by atoms with van der Waals surface area (Å²) in [4.78, 5) is 11.4. The zero-order valence-electron chi connectivity index (χ0n) is 10.6. The zero-order valence-corrected chi connectivity index (χ0v) is 10.6. The molecule has 0 spiro atoms. The third kappa shape index (κ3) is 3.29. The number of hydrogen-bond acceptors (Lipinski definition) is 4. The van der Waals surface area contributed by atoms with E-state index in [2.05, 4.69) is 5.32 Å². The number of carbonyl (C=O) groups excluding carboxylic acids is 1. The fourth-order valence-corrected chi connectivity index (χ4v) is 1.94. The van der Waals surface area contributed by atoms with Crippen molar-refractivity contribution >= 4 is 6.09 Å². The van der Waals surface area contributed by atoms with Crippen LogP contribution in [0.2, 0.25) is 0 Å². The molecular formula is C11H19F2NO4. The van der Waals surface area contributed by atoms with Crippen molar-refractivity contribution in [2.45, 2.75) is 58.0 Å². The summed E-state index contributed by atoms with van der Waals surface area (Å²) in [6.07, 6.45) is -5.98. The molecule has 0 aliphatic heterocycles. The molecule has 0 heterocycles. The number of aliphatic hydroxyl groups excluding tert-OH is 2. The maximum absolute atomic E-state index is 12.8. The van der Waals surface area contributed by atoms with E-state index >= 15 is 0 Å². The van der Waals surface area contributed by atoms with Gasteiger partial charge in [-0.25, -0.2) is 13.6 Å². The van der Waals surface area contributed by atoms with Crippen LogP contribution in [0.3, 0.4) is 0 Å². The van der Waals surface area contributed by atoms with Gasteiger partial charge in [0.15, 0.2) is 0 Å². The van der Waals surface area contributed by atoms with Crippen LogP contribution < -0.4 is 5.32 Å². The lowest BCUT2D eigenvalue weighted by Crippen LogP contribution is -2.59. The van der Waals surface area contributed by atoms with Crippen molar-refractivity contribution in [2.24, 2.45) is 5.41 Å². The first kappa shape index (κ1) is 15.1. The Morgan fingerprint density at radius 1 is 1.33 bits per heavy atom. The largest absolute Gasteiger partial charge is 0.444 e. The standard InChI is InChI=1S/C11H19F2NO4/c1-10(2,3)18-9(17)14-6-4-11(5-6,7(12)15)8(13)16/h6-8,15-16H,4-5H2,1-3H3,(H,14,17). The second kappa shape index (κ2) is 4.97. The Kier molecular flexibility index (Phi) is 4.17. The molecule has 1 fully saturated rings. The van der Waals surface area contributed by atoms with Gasteiger partial charge < -0.3 is 20.3 Å². The lowest BCUT2D eigenvalue weighted by atomic mass is 9.65. The molecule has 2 atom stereocenters. The Balaban J connectivity index is 2.45. The van der Waals surface area contributed by atoms with E-state index in [1.54, 1.807) is 20.8 Å². The van der Waals surface area contributed by atoms with Crippen molar-refractivity contribution in [1.82, 2.24) is 5.32 Å². The lowest BCUT2D eigenvalue weighted by Gasteiger charge is -2.47. The molecule has 0 aromatic carbocycles. The number of ether oxygens (including phenoxy) is 1. The number of nitrogens with one attached hydrogen (secondary N) is 1. The maximum Gasteiger partial charge on any atom is 0.407 e. The number of rotatable bonds is 3. The fourth-order valence-electron chi connectivity index (χ4n) is 1.94. The Morgan fingerprint density at radius 3 is 2.11 bits per heavy atom. The summed E-state index contributed by atoms with van der Waals surface area (Å²) < 4.78 is 30.7. The number of aliphatic hydroxyl groups is 2. The van der Waals surface area contributed by atoms with Crippen molar-refractivity contribution in [2.75, 3.05) is 0 Å². The molecule has 1 aliphatic carbocycles. The molecule has 1 amide bonds. The summed E-state index contributed by atoms with van der Waals surface area (Å²) in [5, 5.41) is 20.1. The third-order valence-corrected chi connectivity index (χ3v) is 2.92. The van der Waals surface area contributed by atoms with E-state index in [4.69, 9.17) is 14.9 Å². The molecule has 0 aromatic heterocycles. The summed E-state index contributed by atoms with van der Waals surface area (Å²) in [5.74, 6) is 0. The van der Waals surface area contributed by atoms with Gasteiger partial charge >= 0.3 is 6.09 Å². The van der Waals surface area contributed by atoms with E-state index in [-0.39, 0.29) is 12.8 Å². The molecule has 1 saturated carbocycles. The first-order valence-electron chi connectivity index (χ1n) is 5.70. The molecule has 1 rings (SSSR count). The Bertz CT molecular complexity index is 299. The van der Waals surface area contributed by atoms with Gasteiger partial charge in [-0.05, 0) is 33.6 Å². The van der Waals surface area contributed by atoms with Gasteiger partial charge in [-0.3, -0.25) is 0 Å². The van der Waals surface area contributed by atoms with Crippen LogP contribution in [0.25, 0.3) is 0 Å². The number of halogens is 2. The van der Waals surface area contributed by atoms with Crippen molar-refractivity contribution in [3.05, 3.63) is 0 Å². The number of carbonyl (C=O) groups is 1. The van der Waals surface area contributed by atoms with E-state index < -0.39 is 35.9 Å². The minimum Gasteiger partial charge on any atom is -0.444 e. The third-order valence-electron chi connectivity index (χ3n) is 2.92. The van der Waals surface area contributed by atoms with E-state index in [9.17, 15) is 13.6 Å². The predicted molar refractivity (Wildman–Crippen MR) is 59.1 cm³/mol. The molecule has 18 heavy (non-hydrogen) atoms. The maximum atomic E-state index is 12.8. The summed E-state index contributed by atoms with van der Waals surface area (Å²) >= 11 is 0. The predicted octanol–water partition coefficient (Wildman–Crippen LogP) is 1.24. The van der Waals surface area contributed by atoms with Crippen LogP contribution in [0.5, 0.6) is 0 Å². The SMILES string of the molecule is CC(C)(C)OC(=O)NC1CC(C(O)F)(C(O)F)C1. The van der Waals surface area contributed by atoms with E-state index in [1.807, 2.05) is 0 Å². The van der Waals surface area contributed by atoms with Crippen LogP contribution in [0, 0.1) is 5.41 Å². The van der Waals surface area contributed by atoms with Crippen LogP contribution in [0.1, 0.15) is 33.6 Å². The highest BCUT2D eigenvalue weighted by atomic mass is 19.2. The normalized spacial score (nSPS) is 31.2. The van der Waals surface area contributed by atoms with Gasteiger partial charge in [0.1, 0.15) is 5.60 Å². The molecule has 1 aliphatic rings. The Morgan fingerprint density at radius 2 is 1.78 bits per heavy atom. The highest BCUT2D eigenvalue weighted by molar-refractivity contribution is 5.68. The van der Waals surface area contributed by atoms with Crippen LogP contribution >= 0.6 is 0 Å². The van der Waals surface area contributed by atoms with Crippen LogP contribution in [-0.4, -0.2) is 40.7 Å². The number of alkyl carbamates (subject to hydrolysis) is 1. The van der Waals surface area contributed by atoms with Crippen molar-refractivity contribution < 1.29 is 28.5 Å². The summed E-state index contributed by atoms with van der Waals surface area (Å²) in [6.45, 7) is 5.07. The molecule has 3 N–H and O–H groups in total. The van der Waals surface area contributed by atoms with Crippen LogP contribution in [0.4, 0.5) is 13.6 Å². The average molecular weight is 267 g/mol. The second-order valence-electron chi connectivity index (χ2n) is 5.66. The van der Waals surface area contributed by atoms with Gasteiger partial charge in [0, 0.05) is 6.04 Å². The quantitative estimate of drug-likeness (QED) is 0.718. The first-order valence-corrected chi connectivity index (χ1v) is 5.70. The first-order chi connectivity index (χ1) is 8.07. The number of alkyl halides is 2. The molecule has 0 saturated heterocycles. The smallest absolute Gasteiger partial charge is 0.407 e. The number of hydrogen-bond donors (Lipinski definition) is 3. The van der Waals surface area contributed by atoms with Crippen molar-refractivity contribution in [3.63, 3.8) is 0 Å². The van der Waals surface area contributed by atoms with Crippen molar-refractivity contribution in [1.29, 1.82) is 0 Å². The fraction of sp³-hybridized carbons (Fsp3) is 0.909. The van der Waals surface area contributed by atoms with Gasteiger partial charge in [-0.15, -0.1) is 0 Å². The molecule has 7 heteroatoms. The van der Waals surface area contributed by atoms with Crippen LogP contribution in [0.15, 0.2) is 0 Å². The molecule has 0 aromatic rings. The monoisotopic (exact) mass is 267 g/mol. The average Bonchev–Trinajstić information content (AvgIpc) is 2.05. The van der Waals surface area contributed by atoms with E-state index in [1.165, 1.54) is 0 Å². The van der Waals surface area contributed by atoms with Gasteiger partial charge in [0.2, 0.25) is 12.7 Å². The van der Waals surface area contributed by atoms with Gasteiger partial charge in [-0.1, -0.05) is 0 Å². The highest BCUT2D eigenvalue weighted by Gasteiger charge is 2.56. The summed E-state index contributed by atoms with van der Waals surface area (Å²) in [6, 6.07) is -0.518. The molecule has 0 radical (unpaired) electrons. The zero-order chi connectivity index (χ0) is 14.1. The van der Waals surface area contributed by atoms with E-state index in [0.29, 0.717) is 0 Å². The topological polar surface area (TPSA) is 78.8 Å². The van der Waals surface area contributed by atoms with Gasteiger partial charge in [0.25, 0.3) is 0 Å². The second-order valence-corrected chi connectivity index (χ2v) is 5.66. The van der Waals surface area contributed by atoms with Gasteiger partial charge in [-0.2, -0.15) is 0 Å². The van der Waals surface area contributed by atoms with Crippen molar-refractivity contribution in [3.8, 4) is 0 Å². The van der Waals surface area contributed by atoms with E-state index in [0.717, 1.165) is 0 Å². The Hall–Kier alpha value is -0.950. The lowest BCUT2D eigenvalue weighted by molar-refractivity contribution is -0.220. The molecule has 0 bridgehead atoms. The molecule has 2 unspecified atom stereocenters. The highest BCUT2D eigenvalue weighted by Crippen LogP contribution is 2.48. The molecule has 5 nitrogen and oxygen atoms in total. The molecule has 106 valence electrons. The minimum absolute atomic E-state index is 0.179. The minimum atomic E-state index is -2.46. The van der Waals surface area contributed by atoms with Gasteiger partial charge in [0.05, 0.1) is 5.41 Å².